The number of aryl methyl sites for hydroxylation is 1. The molecule has 0 saturated carbocycles. The number of carbonyl (C=O) groups excluding carboxylic acids is 1. The molecule has 1 aliphatic rings. The van der Waals surface area contributed by atoms with Gasteiger partial charge in [0.15, 0.2) is 0 Å². The minimum Gasteiger partial charge on any atom is -0.461 e. The van der Waals surface area contributed by atoms with Crippen LogP contribution in [-0.2, 0) is 11.2 Å². The fourth-order valence-corrected chi connectivity index (χ4v) is 3.49. The standard InChI is InChI=1S/C22H30N2O2/c25-22(23-15-8-18-24-16-6-1-2-7-17-24)14-12-20-11-13-21(26-20)19-9-4-3-5-10-19/h3-5,9-11,13H,1-2,6-8,12,14-18H2,(H,23,25). The molecule has 0 atom stereocenters. The van der Waals surface area contributed by atoms with E-state index in [1.54, 1.807) is 0 Å². The van der Waals surface area contributed by atoms with Crippen molar-refractivity contribution in [3.63, 3.8) is 0 Å². The van der Waals surface area contributed by atoms with Crippen LogP contribution in [0.2, 0.25) is 0 Å². The van der Waals surface area contributed by atoms with Gasteiger partial charge in [-0.2, -0.15) is 0 Å². The molecule has 2 aromatic rings. The van der Waals surface area contributed by atoms with Crippen LogP contribution in [0.1, 0.15) is 44.3 Å². The van der Waals surface area contributed by atoms with E-state index in [0.29, 0.717) is 12.8 Å². The molecule has 1 aromatic heterocycles. The summed E-state index contributed by atoms with van der Waals surface area (Å²) in [6, 6.07) is 14.0. The summed E-state index contributed by atoms with van der Waals surface area (Å²) in [7, 11) is 0. The second-order valence-electron chi connectivity index (χ2n) is 7.09. The largest absolute Gasteiger partial charge is 0.461 e. The third-order valence-corrected chi connectivity index (χ3v) is 4.99. The van der Waals surface area contributed by atoms with E-state index < -0.39 is 0 Å². The second-order valence-corrected chi connectivity index (χ2v) is 7.09. The van der Waals surface area contributed by atoms with E-state index in [2.05, 4.69) is 10.2 Å². The van der Waals surface area contributed by atoms with Gasteiger partial charge in [-0.05, 0) is 51.0 Å². The van der Waals surface area contributed by atoms with Crippen LogP contribution in [0, 0.1) is 0 Å². The summed E-state index contributed by atoms with van der Waals surface area (Å²) >= 11 is 0. The molecule has 0 unspecified atom stereocenters. The lowest BCUT2D eigenvalue weighted by molar-refractivity contribution is -0.121. The lowest BCUT2D eigenvalue weighted by atomic mass is 10.2. The summed E-state index contributed by atoms with van der Waals surface area (Å²) in [4.78, 5) is 14.6. The molecule has 1 fully saturated rings. The minimum atomic E-state index is 0.110. The molecule has 0 bridgehead atoms. The van der Waals surface area contributed by atoms with Crippen molar-refractivity contribution in [2.45, 2.75) is 44.9 Å². The summed E-state index contributed by atoms with van der Waals surface area (Å²) < 4.78 is 5.85. The maximum atomic E-state index is 12.0. The number of carbonyl (C=O) groups is 1. The number of amides is 1. The van der Waals surface area contributed by atoms with E-state index >= 15 is 0 Å². The highest BCUT2D eigenvalue weighted by molar-refractivity contribution is 5.76. The smallest absolute Gasteiger partial charge is 0.220 e. The lowest BCUT2D eigenvalue weighted by Crippen LogP contribution is -2.30. The first-order valence-corrected chi connectivity index (χ1v) is 9.94. The number of nitrogens with one attached hydrogen (secondary N) is 1. The van der Waals surface area contributed by atoms with Gasteiger partial charge >= 0.3 is 0 Å². The van der Waals surface area contributed by atoms with Crippen LogP contribution in [-0.4, -0.2) is 37.0 Å². The van der Waals surface area contributed by atoms with E-state index in [9.17, 15) is 4.79 Å². The van der Waals surface area contributed by atoms with Gasteiger partial charge in [0.25, 0.3) is 0 Å². The second kappa shape index (κ2) is 10.2. The highest BCUT2D eigenvalue weighted by Gasteiger charge is 2.09. The highest BCUT2D eigenvalue weighted by atomic mass is 16.3. The molecule has 1 amide bonds. The minimum absolute atomic E-state index is 0.110. The fraction of sp³-hybridized carbons (Fsp3) is 0.500. The quantitative estimate of drug-likeness (QED) is 0.721. The Balaban J connectivity index is 1.32. The molecular formula is C22H30N2O2. The Kier molecular flexibility index (Phi) is 7.32. The highest BCUT2D eigenvalue weighted by Crippen LogP contribution is 2.22. The number of hydrogen-bond donors (Lipinski definition) is 1. The summed E-state index contributed by atoms with van der Waals surface area (Å²) in [5.74, 6) is 1.83. The van der Waals surface area contributed by atoms with Gasteiger partial charge in [-0.3, -0.25) is 4.79 Å². The van der Waals surface area contributed by atoms with E-state index in [1.807, 2.05) is 42.5 Å². The molecule has 1 N–H and O–H groups in total. The van der Waals surface area contributed by atoms with Gasteiger partial charge in [-0.15, -0.1) is 0 Å². The maximum Gasteiger partial charge on any atom is 0.220 e. The third-order valence-electron chi connectivity index (χ3n) is 4.99. The average molecular weight is 354 g/mol. The molecular weight excluding hydrogens is 324 g/mol. The van der Waals surface area contributed by atoms with Crippen molar-refractivity contribution in [3.8, 4) is 11.3 Å². The zero-order chi connectivity index (χ0) is 18.0. The monoisotopic (exact) mass is 354 g/mol. The normalized spacial score (nSPS) is 15.5. The van der Waals surface area contributed by atoms with Crippen molar-refractivity contribution in [2.75, 3.05) is 26.2 Å². The van der Waals surface area contributed by atoms with Gasteiger partial charge in [-0.1, -0.05) is 43.2 Å². The van der Waals surface area contributed by atoms with Crippen molar-refractivity contribution in [1.29, 1.82) is 0 Å². The third kappa shape index (κ3) is 6.03. The van der Waals surface area contributed by atoms with E-state index in [4.69, 9.17) is 4.42 Å². The zero-order valence-electron chi connectivity index (χ0n) is 15.6. The number of likely N-dealkylation sites (tertiary alicyclic amines) is 1. The van der Waals surface area contributed by atoms with Crippen molar-refractivity contribution in [2.24, 2.45) is 0 Å². The predicted octanol–water partition coefficient (Wildman–Crippen LogP) is 4.26. The first-order valence-electron chi connectivity index (χ1n) is 9.94. The van der Waals surface area contributed by atoms with Crippen LogP contribution in [0.3, 0.4) is 0 Å². The topological polar surface area (TPSA) is 45.5 Å². The summed E-state index contributed by atoms with van der Waals surface area (Å²) in [6.07, 6.45) is 7.53. The van der Waals surface area contributed by atoms with Crippen LogP contribution in [0.4, 0.5) is 0 Å². The Labute approximate surface area is 156 Å². The van der Waals surface area contributed by atoms with E-state index in [-0.39, 0.29) is 5.91 Å². The summed E-state index contributed by atoms with van der Waals surface area (Å²) in [5.41, 5.74) is 1.07. The van der Waals surface area contributed by atoms with Crippen molar-refractivity contribution in [3.05, 3.63) is 48.2 Å². The molecule has 140 valence electrons. The Morgan fingerprint density at radius 3 is 2.54 bits per heavy atom. The number of rotatable bonds is 8. The van der Waals surface area contributed by atoms with Gasteiger partial charge in [0, 0.05) is 24.9 Å². The van der Waals surface area contributed by atoms with Crippen molar-refractivity contribution >= 4 is 5.91 Å². The van der Waals surface area contributed by atoms with Gasteiger partial charge in [0.1, 0.15) is 11.5 Å². The number of hydrogen-bond acceptors (Lipinski definition) is 3. The number of furan rings is 1. The number of nitrogens with zero attached hydrogens (tertiary/aromatic N) is 1. The molecule has 4 heteroatoms. The van der Waals surface area contributed by atoms with Crippen LogP contribution in [0.5, 0.6) is 0 Å². The molecule has 0 radical (unpaired) electrons. The Bertz CT molecular complexity index is 658. The van der Waals surface area contributed by atoms with Gasteiger partial charge < -0.3 is 14.6 Å². The average Bonchev–Trinajstić information content (AvgIpc) is 3.00. The van der Waals surface area contributed by atoms with Crippen LogP contribution in [0.25, 0.3) is 11.3 Å². The molecule has 4 nitrogen and oxygen atoms in total. The van der Waals surface area contributed by atoms with Crippen molar-refractivity contribution in [1.82, 2.24) is 10.2 Å². The van der Waals surface area contributed by atoms with Gasteiger partial charge in [0.2, 0.25) is 5.91 Å². The molecule has 1 aromatic carbocycles. The number of benzene rings is 1. The van der Waals surface area contributed by atoms with Crippen LogP contribution in [0.15, 0.2) is 46.9 Å². The first-order chi connectivity index (χ1) is 12.8. The predicted molar refractivity (Wildman–Crippen MR) is 105 cm³/mol. The van der Waals surface area contributed by atoms with Crippen molar-refractivity contribution < 1.29 is 9.21 Å². The lowest BCUT2D eigenvalue weighted by Gasteiger charge is -2.19. The molecule has 3 rings (SSSR count). The Morgan fingerprint density at radius 2 is 1.77 bits per heavy atom. The molecule has 1 saturated heterocycles. The fourth-order valence-electron chi connectivity index (χ4n) is 3.49. The van der Waals surface area contributed by atoms with E-state index in [1.165, 1.54) is 38.8 Å². The Morgan fingerprint density at radius 1 is 1.00 bits per heavy atom. The first kappa shape index (κ1) is 18.7. The molecule has 1 aliphatic heterocycles. The Hall–Kier alpha value is -2.07. The molecule has 0 aliphatic carbocycles. The zero-order valence-corrected chi connectivity index (χ0v) is 15.6. The maximum absolute atomic E-state index is 12.0. The summed E-state index contributed by atoms with van der Waals surface area (Å²) in [5, 5.41) is 3.04. The van der Waals surface area contributed by atoms with Crippen LogP contribution >= 0.6 is 0 Å². The SMILES string of the molecule is O=C(CCc1ccc(-c2ccccc2)o1)NCCCN1CCCCCC1. The molecule has 26 heavy (non-hydrogen) atoms. The van der Waals surface area contributed by atoms with Crippen LogP contribution < -0.4 is 5.32 Å². The van der Waals surface area contributed by atoms with Gasteiger partial charge in [-0.25, -0.2) is 0 Å². The van der Waals surface area contributed by atoms with E-state index in [0.717, 1.165) is 36.6 Å². The summed E-state index contributed by atoms with van der Waals surface area (Å²) in [6.45, 7) is 4.30. The van der Waals surface area contributed by atoms with Gasteiger partial charge in [0.05, 0.1) is 0 Å². The molecule has 2 heterocycles. The molecule has 0 spiro atoms.